The highest BCUT2D eigenvalue weighted by atomic mass is 16.5. The monoisotopic (exact) mass is 580 g/mol. The van der Waals surface area contributed by atoms with Gasteiger partial charge in [-0.25, -0.2) is 0 Å². The molecule has 244 valence electrons. The number of hydrogen-bond donors (Lipinski definition) is 1. The second-order valence-corrected chi connectivity index (χ2v) is 13.1. The Kier molecular flexibility index (Phi) is 29.9. The van der Waals surface area contributed by atoms with Crippen LogP contribution in [0.2, 0.25) is 0 Å². The van der Waals surface area contributed by atoms with E-state index >= 15 is 0 Å². The summed E-state index contributed by atoms with van der Waals surface area (Å²) in [6.45, 7) is 10.0. The molecule has 0 aliphatic rings. The van der Waals surface area contributed by atoms with Crippen molar-refractivity contribution in [3.63, 3.8) is 0 Å². The number of ketones is 1. The van der Waals surface area contributed by atoms with Crippen LogP contribution < -0.4 is 5.73 Å². The summed E-state index contributed by atoms with van der Waals surface area (Å²) in [7, 11) is 0. The molecule has 41 heavy (non-hydrogen) atoms. The average molecular weight is 580 g/mol. The maximum Gasteiger partial charge on any atom is 0.308 e. The summed E-state index contributed by atoms with van der Waals surface area (Å²) in [5, 5.41) is 0. The zero-order valence-electron chi connectivity index (χ0n) is 28.3. The topological polar surface area (TPSA) is 69.4 Å². The van der Waals surface area contributed by atoms with Gasteiger partial charge in [0.2, 0.25) is 0 Å². The summed E-state index contributed by atoms with van der Waals surface area (Å²) in [6.07, 6.45) is 30.9. The summed E-state index contributed by atoms with van der Waals surface area (Å²) in [4.78, 5) is 24.8. The fourth-order valence-electron chi connectivity index (χ4n) is 6.01. The van der Waals surface area contributed by atoms with Gasteiger partial charge in [0.25, 0.3) is 0 Å². The van der Waals surface area contributed by atoms with Crippen LogP contribution in [0.1, 0.15) is 195 Å². The van der Waals surface area contributed by atoms with Crippen molar-refractivity contribution in [2.45, 2.75) is 195 Å². The summed E-state index contributed by atoms with van der Waals surface area (Å²) in [5.41, 5.74) is 5.69. The molecule has 0 spiro atoms. The Balaban J connectivity index is 4.09. The molecule has 0 fully saturated rings. The van der Waals surface area contributed by atoms with E-state index in [1.165, 1.54) is 122 Å². The van der Waals surface area contributed by atoms with Gasteiger partial charge in [-0.2, -0.15) is 0 Å². The van der Waals surface area contributed by atoms with Crippen LogP contribution in [0, 0.1) is 17.8 Å². The number of ether oxygens (including phenoxy) is 1. The van der Waals surface area contributed by atoms with Crippen molar-refractivity contribution in [2.24, 2.45) is 23.5 Å². The minimum Gasteiger partial charge on any atom is -0.465 e. The molecule has 3 unspecified atom stereocenters. The normalized spacial score (nSPS) is 13.7. The highest BCUT2D eigenvalue weighted by Gasteiger charge is 2.19. The fourth-order valence-corrected chi connectivity index (χ4v) is 6.01. The van der Waals surface area contributed by atoms with Gasteiger partial charge in [0, 0.05) is 12.8 Å². The lowest BCUT2D eigenvalue weighted by molar-refractivity contribution is -0.150. The van der Waals surface area contributed by atoms with Gasteiger partial charge in [0.05, 0.1) is 12.5 Å². The molecule has 0 heterocycles. The number of hydrogen-bond acceptors (Lipinski definition) is 4. The van der Waals surface area contributed by atoms with E-state index in [2.05, 4.69) is 20.8 Å². The van der Waals surface area contributed by atoms with Gasteiger partial charge < -0.3 is 10.5 Å². The molecule has 0 amide bonds. The molecule has 4 nitrogen and oxygen atoms in total. The predicted octanol–water partition coefficient (Wildman–Crippen LogP) is 11.1. The van der Waals surface area contributed by atoms with E-state index in [0.717, 1.165) is 50.9 Å². The van der Waals surface area contributed by atoms with Gasteiger partial charge in [-0.3, -0.25) is 9.59 Å². The molecule has 2 N–H and O–H groups in total. The lowest BCUT2D eigenvalue weighted by Gasteiger charge is -2.19. The van der Waals surface area contributed by atoms with E-state index in [4.69, 9.17) is 10.5 Å². The van der Waals surface area contributed by atoms with Crippen molar-refractivity contribution in [1.82, 2.24) is 0 Å². The van der Waals surface area contributed by atoms with Crippen LogP contribution in [0.3, 0.4) is 0 Å². The summed E-state index contributed by atoms with van der Waals surface area (Å²) in [5.74, 6) is 1.64. The Hall–Kier alpha value is -0.900. The Morgan fingerprint density at radius 1 is 0.585 bits per heavy atom. The SMILES string of the molecule is CCCCCCCCCCC(CCCCCCCCC(=O)CCCC(C)CCCCC)COC(=O)C(CC)CCN. The molecule has 0 aromatic heterocycles. The molecule has 0 saturated heterocycles. The molecule has 0 bridgehead atoms. The maximum atomic E-state index is 12.5. The molecule has 0 aliphatic carbocycles. The third-order valence-corrected chi connectivity index (χ3v) is 9.04. The number of carbonyl (C=O) groups is 2. The van der Waals surface area contributed by atoms with Crippen LogP contribution >= 0.6 is 0 Å². The van der Waals surface area contributed by atoms with Crippen molar-refractivity contribution in [2.75, 3.05) is 13.2 Å². The van der Waals surface area contributed by atoms with E-state index in [1.807, 2.05) is 6.92 Å². The minimum atomic E-state index is -0.0465. The van der Waals surface area contributed by atoms with Gasteiger partial charge in [-0.15, -0.1) is 0 Å². The molecule has 3 atom stereocenters. The van der Waals surface area contributed by atoms with Gasteiger partial charge in [0.1, 0.15) is 5.78 Å². The quantitative estimate of drug-likeness (QED) is 0.0635. The second kappa shape index (κ2) is 30.6. The van der Waals surface area contributed by atoms with Crippen molar-refractivity contribution >= 4 is 11.8 Å². The number of Topliss-reactive ketones (excluding diaryl/α,β-unsaturated/α-hetero) is 1. The smallest absolute Gasteiger partial charge is 0.308 e. The lowest BCUT2D eigenvalue weighted by atomic mass is 9.94. The Morgan fingerprint density at radius 2 is 1.05 bits per heavy atom. The Bertz CT molecular complexity index is 579. The third kappa shape index (κ3) is 26.5. The van der Waals surface area contributed by atoms with Gasteiger partial charge >= 0.3 is 5.97 Å². The van der Waals surface area contributed by atoms with Crippen LogP contribution in [0.15, 0.2) is 0 Å². The van der Waals surface area contributed by atoms with Gasteiger partial charge in [-0.1, -0.05) is 143 Å². The van der Waals surface area contributed by atoms with Gasteiger partial charge in [-0.05, 0) is 56.9 Å². The van der Waals surface area contributed by atoms with Crippen LogP contribution in [0.4, 0.5) is 0 Å². The number of nitrogens with two attached hydrogens (primary N) is 1. The van der Waals surface area contributed by atoms with Crippen molar-refractivity contribution in [3.05, 3.63) is 0 Å². The van der Waals surface area contributed by atoms with E-state index in [0.29, 0.717) is 24.9 Å². The molecule has 0 aromatic carbocycles. The Morgan fingerprint density at radius 3 is 1.61 bits per heavy atom. The summed E-state index contributed by atoms with van der Waals surface area (Å²) in [6, 6.07) is 0. The molecular weight excluding hydrogens is 506 g/mol. The van der Waals surface area contributed by atoms with E-state index in [-0.39, 0.29) is 11.9 Å². The zero-order valence-corrected chi connectivity index (χ0v) is 28.3. The fraction of sp³-hybridized carbons (Fsp3) is 0.946. The molecule has 0 rings (SSSR count). The predicted molar refractivity (Wildman–Crippen MR) is 178 cm³/mol. The lowest BCUT2D eigenvalue weighted by Crippen LogP contribution is -2.23. The highest BCUT2D eigenvalue weighted by molar-refractivity contribution is 5.78. The Labute approximate surface area is 257 Å². The largest absolute Gasteiger partial charge is 0.465 e. The van der Waals surface area contributed by atoms with Crippen molar-refractivity contribution in [3.8, 4) is 0 Å². The van der Waals surface area contributed by atoms with Crippen molar-refractivity contribution < 1.29 is 14.3 Å². The number of esters is 1. The first-order valence-corrected chi connectivity index (χ1v) is 18.4. The van der Waals surface area contributed by atoms with Crippen LogP contribution in [0.5, 0.6) is 0 Å². The summed E-state index contributed by atoms with van der Waals surface area (Å²) < 4.78 is 5.80. The molecule has 0 aliphatic heterocycles. The van der Waals surface area contributed by atoms with Crippen LogP contribution in [-0.2, 0) is 14.3 Å². The zero-order chi connectivity index (χ0) is 30.4. The number of carbonyl (C=O) groups excluding carboxylic acids is 2. The van der Waals surface area contributed by atoms with E-state index in [9.17, 15) is 9.59 Å². The van der Waals surface area contributed by atoms with Gasteiger partial charge in [0.15, 0.2) is 0 Å². The molecule has 4 heteroatoms. The third-order valence-electron chi connectivity index (χ3n) is 9.04. The standard InChI is InChI=1S/C37H73NO3/c1-5-8-10-11-12-13-16-20-26-34(32-41-37(40)35(7-3)30-31-38)27-21-17-14-15-18-22-28-36(39)29-23-25-33(4)24-19-9-6-2/h33-35H,5-32,38H2,1-4H3. The minimum absolute atomic E-state index is 0.0464. The first kappa shape index (κ1) is 40.1. The first-order chi connectivity index (χ1) is 20.0. The van der Waals surface area contributed by atoms with Crippen molar-refractivity contribution in [1.29, 1.82) is 0 Å². The number of unbranched alkanes of at least 4 members (excludes halogenated alkanes) is 14. The average Bonchev–Trinajstić information content (AvgIpc) is 2.96. The molecule has 0 aromatic rings. The maximum absolute atomic E-state index is 12.5. The second-order valence-electron chi connectivity index (χ2n) is 13.1. The van der Waals surface area contributed by atoms with Crippen LogP contribution in [0.25, 0.3) is 0 Å². The summed E-state index contributed by atoms with van der Waals surface area (Å²) >= 11 is 0. The van der Waals surface area contributed by atoms with Crippen LogP contribution in [-0.4, -0.2) is 24.9 Å². The number of rotatable bonds is 32. The van der Waals surface area contributed by atoms with E-state index < -0.39 is 0 Å². The molecule has 0 saturated carbocycles. The molecular formula is C37H73NO3. The first-order valence-electron chi connectivity index (χ1n) is 18.4. The van der Waals surface area contributed by atoms with E-state index in [1.54, 1.807) is 0 Å². The molecule has 0 radical (unpaired) electrons. The highest BCUT2D eigenvalue weighted by Crippen LogP contribution is 2.22.